The summed E-state index contributed by atoms with van der Waals surface area (Å²) in [5.74, 6) is 0.189. The Morgan fingerprint density at radius 3 is 2.42 bits per heavy atom. The van der Waals surface area contributed by atoms with Crippen LogP contribution in [0.5, 0.6) is 0 Å². The minimum absolute atomic E-state index is 0.0713. The van der Waals surface area contributed by atoms with Crippen molar-refractivity contribution in [2.24, 2.45) is 23.0 Å². The maximum Gasteiger partial charge on any atom is 0.240 e. The number of nitrogens with one attached hydrogen (secondary N) is 1. The van der Waals surface area contributed by atoms with E-state index in [1.807, 2.05) is 24.3 Å². The van der Waals surface area contributed by atoms with Gasteiger partial charge in [-0.25, -0.2) is 0 Å². The molecule has 3 fully saturated rings. The van der Waals surface area contributed by atoms with Crippen molar-refractivity contribution in [2.45, 2.75) is 43.9 Å². The molecule has 8 heteroatoms. The summed E-state index contributed by atoms with van der Waals surface area (Å²) in [4.78, 5) is 30.1. The van der Waals surface area contributed by atoms with Crippen LogP contribution in [0.15, 0.2) is 24.3 Å². The lowest BCUT2D eigenvalue weighted by Gasteiger charge is -2.49. The van der Waals surface area contributed by atoms with Gasteiger partial charge in [-0.3, -0.25) is 14.5 Å². The first-order valence-corrected chi connectivity index (χ1v) is 11.6. The number of nitrogens with zero attached hydrogens (tertiary/aromatic N) is 2. The third-order valence-electron chi connectivity index (χ3n) is 7.78. The fraction of sp³-hybridized carbons (Fsp3) is 0.739. The lowest BCUT2D eigenvalue weighted by atomic mass is 9.65. The standard InChI is InChI=1S/C23H36N4O4/c1-31-19-4-2-3-9-23(19,22(24)30)17-7-12-26(13-8-17)20(16-5-10-25-11-6-16)21(29)27-14-18(28)15-27/h2-4,9,16-20,25,28H,5-8,10-15H2,1H3,(H2,24,30). The Bertz CT molecular complexity index is 721. The Morgan fingerprint density at radius 2 is 1.84 bits per heavy atom. The Balaban J connectivity index is 1.49. The largest absolute Gasteiger partial charge is 0.389 e. The molecule has 3 saturated heterocycles. The van der Waals surface area contributed by atoms with Crippen molar-refractivity contribution < 1.29 is 19.4 Å². The lowest BCUT2D eigenvalue weighted by Crippen LogP contribution is -2.63. The number of aliphatic hydroxyl groups is 1. The van der Waals surface area contributed by atoms with Crippen molar-refractivity contribution in [1.29, 1.82) is 0 Å². The molecule has 0 aromatic rings. The molecule has 0 bridgehead atoms. The molecule has 2 amide bonds. The molecule has 0 radical (unpaired) electrons. The van der Waals surface area contributed by atoms with Gasteiger partial charge in [0.2, 0.25) is 11.8 Å². The van der Waals surface area contributed by atoms with Gasteiger partial charge in [0.15, 0.2) is 0 Å². The molecule has 172 valence electrons. The summed E-state index contributed by atoms with van der Waals surface area (Å²) in [5, 5.41) is 13.1. The van der Waals surface area contributed by atoms with E-state index in [4.69, 9.17) is 10.5 Å². The maximum absolute atomic E-state index is 13.4. The fourth-order valence-electron chi connectivity index (χ4n) is 5.99. The number of hydrogen-bond donors (Lipinski definition) is 3. The highest BCUT2D eigenvalue weighted by Crippen LogP contribution is 2.44. The smallest absolute Gasteiger partial charge is 0.240 e. The average Bonchev–Trinajstić information content (AvgIpc) is 2.78. The molecule has 0 saturated carbocycles. The number of ether oxygens (including phenoxy) is 1. The lowest BCUT2D eigenvalue weighted by molar-refractivity contribution is -0.152. The van der Waals surface area contributed by atoms with E-state index < -0.39 is 11.5 Å². The van der Waals surface area contributed by atoms with E-state index in [1.165, 1.54) is 0 Å². The van der Waals surface area contributed by atoms with Crippen LogP contribution in [-0.4, -0.2) is 91.3 Å². The Morgan fingerprint density at radius 1 is 1.16 bits per heavy atom. The second kappa shape index (κ2) is 9.40. The Hall–Kier alpha value is -1.74. The number of nitrogens with two attached hydrogens (primary N) is 1. The van der Waals surface area contributed by atoms with Crippen molar-refractivity contribution >= 4 is 11.8 Å². The third-order valence-corrected chi connectivity index (χ3v) is 7.78. The van der Waals surface area contributed by atoms with Gasteiger partial charge in [-0.05, 0) is 63.7 Å². The highest BCUT2D eigenvalue weighted by molar-refractivity contribution is 5.85. The number of likely N-dealkylation sites (tertiary alicyclic amines) is 2. The molecule has 1 aliphatic carbocycles. The van der Waals surface area contributed by atoms with Crippen molar-refractivity contribution in [3.05, 3.63) is 24.3 Å². The number of carbonyl (C=O) groups is 2. The number of carbonyl (C=O) groups excluding carboxylic acids is 2. The van der Waals surface area contributed by atoms with Crippen LogP contribution in [0.1, 0.15) is 25.7 Å². The predicted molar refractivity (Wildman–Crippen MR) is 117 cm³/mol. The Kier molecular flexibility index (Phi) is 6.81. The number of allylic oxidation sites excluding steroid dienone is 2. The summed E-state index contributed by atoms with van der Waals surface area (Å²) in [6.45, 7) is 4.26. The molecule has 8 nitrogen and oxygen atoms in total. The molecule has 4 rings (SSSR count). The minimum Gasteiger partial charge on any atom is -0.389 e. The van der Waals surface area contributed by atoms with E-state index in [2.05, 4.69) is 10.2 Å². The van der Waals surface area contributed by atoms with Crippen molar-refractivity contribution in [1.82, 2.24) is 15.1 Å². The highest BCUT2D eigenvalue weighted by Gasteiger charge is 2.51. The van der Waals surface area contributed by atoms with E-state index in [1.54, 1.807) is 12.0 Å². The van der Waals surface area contributed by atoms with Crippen molar-refractivity contribution in [3.63, 3.8) is 0 Å². The van der Waals surface area contributed by atoms with E-state index in [0.29, 0.717) is 19.0 Å². The highest BCUT2D eigenvalue weighted by atomic mass is 16.5. The molecular weight excluding hydrogens is 396 g/mol. The first-order chi connectivity index (χ1) is 15.0. The van der Waals surface area contributed by atoms with E-state index >= 15 is 0 Å². The summed E-state index contributed by atoms with van der Waals surface area (Å²) in [5.41, 5.74) is 5.09. The van der Waals surface area contributed by atoms with Gasteiger partial charge >= 0.3 is 0 Å². The summed E-state index contributed by atoms with van der Waals surface area (Å²) in [6, 6.07) is -0.153. The topological polar surface area (TPSA) is 108 Å². The predicted octanol–water partition coefficient (Wildman–Crippen LogP) is -0.118. The fourth-order valence-corrected chi connectivity index (χ4v) is 5.99. The van der Waals surface area contributed by atoms with Crippen LogP contribution in [-0.2, 0) is 14.3 Å². The summed E-state index contributed by atoms with van der Waals surface area (Å²) in [7, 11) is 1.62. The van der Waals surface area contributed by atoms with Gasteiger partial charge in [0.25, 0.3) is 0 Å². The molecule has 3 heterocycles. The molecule has 0 aromatic carbocycles. The molecule has 4 N–H and O–H groups in total. The molecule has 4 aliphatic rings. The van der Waals surface area contributed by atoms with Crippen LogP contribution in [0.3, 0.4) is 0 Å². The third kappa shape index (κ3) is 4.18. The summed E-state index contributed by atoms with van der Waals surface area (Å²) in [6.07, 6.45) is 10.4. The number of piperidine rings is 2. The van der Waals surface area contributed by atoms with Crippen LogP contribution in [0.25, 0.3) is 0 Å². The maximum atomic E-state index is 13.4. The number of rotatable bonds is 6. The first kappa shape index (κ1) is 22.5. The van der Waals surface area contributed by atoms with Crippen LogP contribution < -0.4 is 11.1 Å². The Labute approximate surface area is 184 Å². The zero-order chi connectivity index (χ0) is 22.0. The number of amides is 2. The quantitative estimate of drug-likeness (QED) is 0.540. The number of β-amino-alcohol motifs (C(OH)–C–C–N with tert-alkyl or cyclic N) is 1. The molecular formula is C23H36N4O4. The zero-order valence-corrected chi connectivity index (χ0v) is 18.4. The minimum atomic E-state index is -0.842. The number of methoxy groups -OCH3 is 1. The van der Waals surface area contributed by atoms with Crippen LogP contribution >= 0.6 is 0 Å². The SMILES string of the molecule is COC1C=CC=CC1(C(N)=O)C1CCN(C(C(=O)N2CC(O)C2)C2CCNCC2)CC1. The van der Waals surface area contributed by atoms with E-state index in [9.17, 15) is 14.7 Å². The molecule has 31 heavy (non-hydrogen) atoms. The normalized spacial score (nSPS) is 32.1. The van der Waals surface area contributed by atoms with Crippen LogP contribution in [0.2, 0.25) is 0 Å². The zero-order valence-electron chi connectivity index (χ0n) is 18.4. The molecule has 3 aliphatic heterocycles. The van der Waals surface area contributed by atoms with Gasteiger partial charge in [-0.1, -0.05) is 24.3 Å². The van der Waals surface area contributed by atoms with Gasteiger partial charge in [-0.15, -0.1) is 0 Å². The second-order valence-electron chi connectivity index (χ2n) is 9.44. The van der Waals surface area contributed by atoms with Crippen LogP contribution in [0, 0.1) is 17.3 Å². The second-order valence-corrected chi connectivity index (χ2v) is 9.44. The molecule has 0 aromatic heterocycles. The molecule has 3 unspecified atom stereocenters. The van der Waals surface area contributed by atoms with E-state index in [-0.39, 0.29) is 29.9 Å². The van der Waals surface area contributed by atoms with E-state index in [0.717, 1.165) is 51.9 Å². The monoisotopic (exact) mass is 432 g/mol. The van der Waals surface area contributed by atoms with Crippen molar-refractivity contribution in [3.8, 4) is 0 Å². The average molecular weight is 433 g/mol. The first-order valence-electron chi connectivity index (χ1n) is 11.6. The molecule has 3 atom stereocenters. The number of hydrogen-bond acceptors (Lipinski definition) is 6. The van der Waals surface area contributed by atoms with Crippen LogP contribution in [0.4, 0.5) is 0 Å². The van der Waals surface area contributed by atoms with Gasteiger partial charge in [-0.2, -0.15) is 0 Å². The summed E-state index contributed by atoms with van der Waals surface area (Å²) >= 11 is 0. The van der Waals surface area contributed by atoms with Gasteiger partial charge < -0.3 is 25.8 Å². The van der Waals surface area contributed by atoms with Gasteiger partial charge in [0.1, 0.15) is 0 Å². The number of aliphatic hydroxyl groups excluding tert-OH is 1. The summed E-state index contributed by atoms with van der Waals surface area (Å²) < 4.78 is 5.65. The van der Waals surface area contributed by atoms with Gasteiger partial charge in [0.05, 0.1) is 23.7 Å². The molecule has 0 spiro atoms. The van der Waals surface area contributed by atoms with Gasteiger partial charge in [0, 0.05) is 20.2 Å². The van der Waals surface area contributed by atoms with Crippen molar-refractivity contribution in [2.75, 3.05) is 46.4 Å². The number of primary amides is 1.